The van der Waals surface area contributed by atoms with Crippen LogP contribution in [-0.4, -0.2) is 43.3 Å². The van der Waals surface area contributed by atoms with Crippen molar-refractivity contribution in [2.45, 2.75) is 64.6 Å². The van der Waals surface area contributed by atoms with Gasteiger partial charge in [0, 0.05) is 16.6 Å². The molecular weight excluding hydrogens is 578 g/mol. The van der Waals surface area contributed by atoms with E-state index < -0.39 is 34.1 Å². The summed E-state index contributed by atoms with van der Waals surface area (Å²) < 4.78 is 29.5. The molecule has 0 radical (unpaired) electrons. The Hall–Kier alpha value is -3.17. The lowest BCUT2D eigenvalue weighted by atomic mass is 10.1. The van der Waals surface area contributed by atoms with Crippen LogP contribution in [0.2, 0.25) is 0 Å². The Labute approximate surface area is 240 Å². The fraction of sp³-hybridized carbons (Fsp3) is 0.333. The van der Waals surface area contributed by atoms with E-state index in [9.17, 15) is 18.0 Å². The summed E-state index contributed by atoms with van der Waals surface area (Å²) in [7, 11) is -4.11. The van der Waals surface area contributed by atoms with Crippen molar-refractivity contribution < 1.29 is 18.0 Å². The van der Waals surface area contributed by atoms with E-state index in [1.807, 2.05) is 58.9 Å². The van der Waals surface area contributed by atoms with Gasteiger partial charge in [-0.15, -0.1) is 0 Å². The van der Waals surface area contributed by atoms with Gasteiger partial charge in [0.05, 0.1) is 10.6 Å². The molecule has 0 saturated carbocycles. The molecule has 39 heavy (non-hydrogen) atoms. The number of hydrogen-bond acceptors (Lipinski definition) is 4. The first-order valence-corrected chi connectivity index (χ1v) is 14.9. The number of nitrogens with zero attached hydrogens (tertiary/aromatic N) is 2. The number of benzene rings is 3. The lowest BCUT2D eigenvalue weighted by Gasteiger charge is -2.33. The van der Waals surface area contributed by atoms with Crippen molar-refractivity contribution in [3.8, 4) is 0 Å². The Balaban J connectivity index is 2.03. The van der Waals surface area contributed by atoms with E-state index >= 15 is 0 Å². The molecule has 0 spiro atoms. The van der Waals surface area contributed by atoms with Crippen LogP contribution in [0, 0.1) is 13.8 Å². The van der Waals surface area contributed by atoms with Crippen LogP contribution < -0.4 is 9.62 Å². The summed E-state index contributed by atoms with van der Waals surface area (Å²) in [6.07, 6.45) is 0. The van der Waals surface area contributed by atoms with Crippen molar-refractivity contribution in [2.24, 2.45) is 0 Å². The maximum atomic E-state index is 14.0. The molecule has 0 aliphatic carbocycles. The molecule has 1 N–H and O–H groups in total. The van der Waals surface area contributed by atoms with Crippen LogP contribution in [0.25, 0.3) is 0 Å². The molecule has 3 rings (SSSR count). The Morgan fingerprint density at radius 2 is 1.49 bits per heavy atom. The third-order valence-electron chi connectivity index (χ3n) is 6.12. The van der Waals surface area contributed by atoms with Crippen LogP contribution in [0.4, 0.5) is 5.69 Å². The van der Waals surface area contributed by atoms with E-state index in [2.05, 4.69) is 21.2 Å². The SMILES string of the molecule is Cc1ccc(CN(C(=O)CN(c2cccc(Br)c2)S(=O)(=O)c2ccc(C)cc2)C(C)C(=O)NC(C)(C)C)cc1. The Morgan fingerprint density at radius 3 is 2.03 bits per heavy atom. The lowest BCUT2D eigenvalue weighted by Crippen LogP contribution is -2.54. The van der Waals surface area contributed by atoms with E-state index in [1.165, 1.54) is 17.0 Å². The van der Waals surface area contributed by atoms with Crippen molar-refractivity contribution in [3.63, 3.8) is 0 Å². The number of carbonyl (C=O) groups is 2. The van der Waals surface area contributed by atoms with Gasteiger partial charge >= 0.3 is 0 Å². The summed E-state index contributed by atoms with van der Waals surface area (Å²) in [5, 5.41) is 2.93. The van der Waals surface area contributed by atoms with E-state index in [-0.39, 0.29) is 17.3 Å². The number of hydrogen-bond donors (Lipinski definition) is 1. The second-order valence-corrected chi connectivity index (χ2v) is 13.5. The highest BCUT2D eigenvalue weighted by Crippen LogP contribution is 2.27. The maximum Gasteiger partial charge on any atom is 0.264 e. The number of sulfonamides is 1. The quantitative estimate of drug-likeness (QED) is 0.341. The van der Waals surface area contributed by atoms with Gasteiger partial charge in [-0.05, 0) is 77.4 Å². The van der Waals surface area contributed by atoms with Gasteiger partial charge in [-0.3, -0.25) is 13.9 Å². The summed E-state index contributed by atoms with van der Waals surface area (Å²) in [6, 6.07) is 20.1. The van der Waals surface area contributed by atoms with Gasteiger partial charge in [-0.25, -0.2) is 8.42 Å². The largest absolute Gasteiger partial charge is 0.350 e. The molecule has 7 nitrogen and oxygen atoms in total. The molecule has 0 aromatic heterocycles. The monoisotopic (exact) mass is 613 g/mol. The van der Waals surface area contributed by atoms with Gasteiger partial charge in [-0.1, -0.05) is 69.5 Å². The van der Waals surface area contributed by atoms with Crippen LogP contribution in [0.5, 0.6) is 0 Å². The number of anilines is 1. The Kier molecular flexibility index (Phi) is 9.61. The molecule has 9 heteroatoms. The van der Waals surface area contributed by atoms with E-state index in [4.69, 9.17) is 0 Å². The van der Waals surface area contributed by atoms with Crippen LogP contribution in [0.3, 0.4) is 0 Å². The summed E-state index contributed by atoms with van der Waals surface area (Å²) in [4.78, 5) is 28.6. The zero-order chi connectivity index (χ0) is 29.0. The normalized spacial score (nSPS) is 12.5. The third-order valence-corrected chi connectivity index (χ3v) is 8.40. The molecule has 0 aliphatic rings. The maximum absolute atomic E-state index is 14.0. The molecule has 0 aliphatic heterocycles. The summed E-state index contributed by atoms with van der Waals surface area (Å²) in [5.41, 5.74) is 2.66. The zero-order valence-corrected chi connectivity index (χ0v) is 25.6. The first-order chi connectivity index (χ1) is 18.2. The number of amides is 2. The molecule has 0 bridgehead atoms. The first kappa shape index (κ1) is 30.4. The molecule has 1 unspecified atom stereocenters. The minimum Gasteiger partial charge on any atom is -0.350 e. The minimum atomic E-state index is -4.11. The van der Waals surface area contributed by atoms with Crippen molar-refractivity contribution in [2.75, 3.05) is 10.8 Å². The molecular formula is C30H36BrN3O4S. The smallest absolute Gasteiger partial charge is 0.264 e. The highest BCUT2D eigenvalue weighted by Gasteiger charge is 2.33. The fourth-order valence-electron chi connectivity index (χ4n) is 3.94. The molecule has 3 aromatic rings. The molecule has 0 saturated heterocycles. The van der Waals surface area contributed by atoms with E-state index in [1.54, 1.807) is 43.3 Å². The summed E-state index contributed by atoms with van der Waals surface area (Å²) in [5.74, 6) is -0.818. The highest BCUT2D eigenvalue weighted by atomic mass is 79.9. The Morgan fingerprint density at radius 1 is 0.923 bits per heavy atom. The average Bonchev–Trinajstić information content (AvgIpc) is 2.85. The average molecular weight is 615 g/mol. The number of carbonyl (C=O) groups excluding carboxylic acids is 2. The van der Waals surface area contributed by atoms with Gasteiger partial charge < -0.3 is 10.2 Å². The van der Waals surface area contributed by atoms with Crippen molar-refractivity contribution in [3.05, 3.63) is 94.0 Å². The first-order valence-electron chi connectivity index (χ1n) is 12.7. The van der Waals surface area contributed by atoms with E-state index in [0.717, 1.165) is 21.0 Å². The predicted octanol–water partition coefficient (Wildman–Crippen LogP) is 5.59. The highest BCUT2D eigenvalue weighted by molar-refractivity contribution is 9.10. The molecule has 0 fully saturated rings. The van der Waals surface area contributed by atoms with Crippen LogP contribution in [-0.2, 0) is 26.2 Å². The molecule has 208 valence electrons. The summed E-state index contributed by atoms with van der Waals surface area (Å²) in [6.45, 7) is 10.8. The third kappa shape index (κ3) is 8.16. The standard InChI is InChI=1S/C30H36BrN3O4S/c1-21-10-14-24(15-11-21)19-33(23(3)29(36)32-30(4,5)6)28(35)20-34(26-9-7-8-25(31)18-26)39(37,38)27-16-12-22(2)13-17-27/h7-18,23H,19-20H2,1-6H3,(H,32,36). The van der Waals surface area contributed by atoms with Crippen molar-refractivity contribution in [1.29, 1.82) is 0 Å². The molecule has 0 heterocycles. The van der Waals surface area contributed by atoms with Crippen molar-refractivity contribution >= 4 is 43.5 Å². The van der Waals surface area contributed by atoms with Crippen LogP contribution in [0.1, 0.15) is 44.4 Å². The minimum absolute atomic E-state index is 0.0736. The van der Waals surface area contributed by atoms with Crippen LogP contribution >= 0.6 is 15.9 Å². The lowest BCUT2D eigenvalue weighted by molar-refractivity contribution is -0.140. The topological polar surface area (TPSA) is 86.8 Å². The number of aryl methyl sites for hydroxylation is 2. The van der Waals surface area contributed by atoms with Gasteiger partial charge in [-0.2, -0.15) is 0 Å². The fourth-order valence-corrected chi connectivity index (χ4v) is 5.74. The summed E-state index contributed by atoms with van der Waals surface area (Å²) >= 11 is 3.41. The number of halogens is 1. The van der Waals surface area contributed by atoms with Crippen molar-refractivity contribution in [1.82, 2.24) is 10.2 Å². The number of nitrogens with one attached hydrogen (secondary N) is 1. The van der Waals surface area contributed by atoms with Gasteiger partial charge in [0.1, 0.15) is 12.6 Å². The molecule has 3 aromatic carbocycles. The second kappa shape index (κ2) is 12.3. The van der Waals surface area contributed by atoms with Gasteiger partial charge in [0.25, 0.3) is 10.0 Å². The second-order valence-electron chi connectivity index (χ2n) is 10.7. The number of rotatable bonds is 9. The van der Waals surface area contributed by atoms with Crippen LogP contribution in [0.15, 0.2) is 82.2 Å². The molecule has 2 amide bonds. The van der Waals surface area contributed by atoms with Gasteiger partial charge in [0.15, 0.2) is 0 Å². The van der Waals surface area contributed by atoms with E-state index in [0.29, 0.717) is 10.2 Å². The zero-order valence-electron chi connectivity index (χ0n) is 23.2. The van der Waals surface area contributed by atoms with Gasteiger partial charge in [0.2, 0.25) is 11.8 Å². The predicted molar refractivity (Wildman–Crippen MR) is 159 cm³/mol. The molecule has 1 atom stereocenters. The Bertz CT molecular complexity index is 1420.